The Kier molecular flexibility index (Phi) is 5.00. The molecule has 3 N–H and O–H groups in total. The number of pyridine rings is 1. The number of carbonyl (C=O) groups excluding carboxylic acids is 1. The van der Waals surface area contributed by atoms with E-state index in [4.69, 9.17) is 4.74 Å². The number of aromatic amines is 1. The van der Waals surface area contributed by atoms with Gasteiger partial charge < -0.3 is 20.1 Å². The summed E-state index contributed by atoms with van der Waals surface area (Å²) in [4.78, 5) is 24.6. The van der Waals surface area contributed by atoms with Gasteiger partial charge in [-0.2, -0.15) is 0 Å². The second kappa shape index (κ2) is 7.59. The molecule has 1 atom stereocenters. The SMILES string of the molecule is COc1cncc([C@@H](NC(=O)Cc2ccc3nc(C)[nH]c3c2)C2CC(O)C2)c1. The quantitative estimate of drug-likeness (QED) is 0.610. The Morgan fingerprint density at radius 2 is 2.18 bits per heavy atom. The number of aryl methyl sites for hydroxylation is 1. The number of hydrogen-bond acceptors (Lipinski definition) is 5. The number of hydrogen-bond donors (Lipinski definition) is 3. The summed E-state index contributed by atoms with van der Waals surface area (Å²) in [6.07, 6.45) is 4.70. The third-order valence-electron chi connectivity index (χ3n) is 5.30. The van der Waals surface area contributed by atoms with Crippen molar-refractivity contribution in [1.82, 2.24) is 20.3 Å². The smallest absolute Gasteiger partial charge is 0.224 e. The van der Waals surface area contributed by atoms with E-state index in [1.807, 2.05) is 31.2 Å². The first-order valence-corrected chi connectivity index (χ1v) is 9.43. The molecule has 1 aliphatic carbocycles. The van der Waals surface area contributed by atoms with Gasteiger partial charge in [0.05, 0.1) is 42.9 Å². The molecule has 1 saturated carbocycles. The average molecular weight is 380 g/mol. The number of ether oxygens (including phenoxy) is 1. The summed E-state index contributed by atoms with van der Waals surface area (Å²) in [5.74, 6) is 1.62. The molecular formula is C21H24N4O3. The molecule has 28 heavy (non-hydrogen) atoms. The lowest BCUT2D eigenvalue weighted by molar-refractivity contribution is -0.122. The van der Waals surface area contributed by atoms with Crippen molar-refractivity contribution < 1.29 is 14.6 Å². The maximum atomic E-state index is 12.8. The summed E-state index contributed by atoms with van der Waals surface area (Å²) in [6, 6.07) is 7.51. The zero-order valence-electron chi connectivity index (χ0n) is 16.0. The number of aliphatic hydroxyl groups is 1. The minimum atomic E-state index is -0.297. The highest BCUT2D eigenvalue weighted by Gasteiger charge is 2.36. The van der Waals surface area contributed by atoms with E-state index in [0.717, 1.165) is 28.0 Å². The van der Waals surface area contributed by atoms with Crippen molar-refractivity contribution in [3.8, 4) is 5.75 Å². The van der Waals surface area contributed by atoms with Gasteiger partial charge in [-0.05, 0) is 55.0 Å². The summed E-state index contributed by atoms with van der Waals surface area (Å²) in [5, 5.41) is 12.9. The number of carbonyl (C=O) groups is 1. The number of benzene rings is 1. The maximum Gasteiger partial charge on any atom is 0.224 e. The van der Waals surface area contributed by atoms with Crippen molar-refractivity contribution in [3.63, 3.8) is 0 Å². The number of amides is 1. The predicted molar refractivity (Wildman–Crippen MR) is 105 cm³/mol. The van der Waals surface area contributed by atoms with Crippen LogP contribution in [0.25, 0.3) is 11.0 Å². The van der Waals surface area contributed by atoms with Crippen LogP contribution < -0.4 is 10.1 Å². The molecule has 0 saturated heterocycles. The van der Waals surface area contributed by atoms with Gasteiger partial charge in [-0.3, -0.25) is 9.78 Å². The number of nitrogens with zero attached hydrogens (tertiary/aromatic N) is 2. The van der Waals surface area contributed by atoms with E-state index in [0.29, 0.717) is 18.6 Å². The van der Waals surface area contributed by atoms with Crippen molar-refractivity contribution >= 4 is 16.9 Å². The van der Waals surface area contributed by atoms with Crippen LogP contribution in [-0.2, 0) is 11.2 Å². The highest BCUT2D eigenvalue weighted by molar-refractivity contribution is 5.82. The standard InChI is InChI=1S/C21H24N4O3/c1-12-23-18-4-3-13(5-19(18)24-12)6-20(27)25-21(14-7-16(26)8-14)15-9-17(28-2)11-22-10-15/h3-5,9-11,14,16,21,26H,6-8H2,1-2H3,(H,23,24)(H,25,27)/t14?,16?,21-/m0/s1. The minimum absolute atomic E-state index is 0.0650. The lowest BCUT2D eigenvalue weighted by Gasteiger charge is -2.38. The summed E-state index contributed by atoms with van der Waals surface area (Å²) >= 11 is 0. The van der Waals surface area contributed by atoms with E-state index < -0.39 is 0 Å². The number of nitrogens with one attached hydrogen (secondary N) is 2. The number of imidazole rings is 1. The van der Waals surface area contributed by atoms with E-state index in [2.05, 4.69) is 20.3 Å². The summed E-state index contributed by atoms with van der Waals surface area (Å²) in [7, 11) is 1.59. The molecule has 1 fully saturated rings. The molecule has 2 aromatic heterocycles. The van der Waals surface area contributed by atoms with Crippen molar-refractivity contribution in [2.75, 3.05) is 7.11 Å². The molecule has 1 amide bonds. The Morgan fingerprint density at radius 1 is 1.36 bits per heavy atom. The molecule has 0 spiro atoms. The molecule has 2 heterocycles. The zero-order chi connectivity index (χ0) is 19.7. The number of aromatic nitrogens is 3. The van der Waals surface area contributed by atoms with Crippen LogP contribution in [0.4, 0.5) is 0 Å². The Bertz CT molecular complexity index is 994. The highest BCUT2D eigenvalue weighted by atomic mass is 16.5. The van der Waals surface area contributed by atoms with Gasteiger partial charge in [-0.1, -0.05) is 6.07 Å². The van der Waals surface area contributed by atoms with Crippen LogP contribution in [0, 0.1) is 12.8 Å². The van der Waals surface area contributed by atoms with Gasteiger partial charge in [0.25, 0.3) is 0 Å². The van der Waals surface area contributed by atoms with Crippen molar-refractivity contribution in [2.45, 2.75) is 38.3 Å². The van der Waals surface area contributed by atoms with Gasteiger partial charge in [0.2, 0.25) is 5.91 Å². The van der Waals surface area contributed by atoms with Crippen LogP contribution in [0.3, 0.4) is 0 Å². The first-order chi connectivity index (χ1) is 13.5. The van der Waals surface area contributed by atoms with Crippen LogP contribution in [0.1, 0.15) is 35.8 Å². The number of rotatable bonds is 6. The molecule has 146 valence electrons. The van der Waals surface area contributed by atoms with Crippen LogP contribution in [0.5, 0.6) is 5.75 Å². The fraction of sp³-hybridized carbons (Fsp3) is 0.381. The third kappa shape index (κ3) is 3.84. The molecule has 3 aromatic rings. The second-order valence-corrected chi connectivity index (χ2v) is 7.44. The maximum absolute atomic E-state index is 12.8. The molecule has 4 rings (SSSR count). The van der Waals surface area contributed by atoms with E-state index >= 15 is 0 Å². The molecule has 0 unspecified atom stereocenters. The fourth-order valence-electron chi connectivity index (χ4n) is 3.80. The minimum Gasteiger partial charge on any atom is -0.495 e. The van der Waals surface area contributed by atoms with Crippen LogP contribution in [-0.4, -0.2) is 39.2 Å². The van der Waals surface area contributed by atoms with Gasteiger partial charge >= 0.3 is 0 Å². The molecule has 1 aromatic carbocycles. The topological polar surface area (TPSA) is 100 Å². The Balaban J connectivity index is 1.51. The van der Waals surface area contributed by atoms with Crippen LogP contribution in [0.15, 0.2) is 36.7 Å². The number of methoxy groups -OCH3 is 1. The summed E-state index contributed by atoms with van der Waals surface area (Å²) < 4.78 is 5.27. The molecule has 0 radical (unpaired) electrons. The van der Waals surface area contributed by atoms with Crippen molar-refractivity contribution in [1.29, 1.82) is 0 Å². The number of fused-ring (bicyclic) bond motifs is 1. The fourth-order valence-corrected chi connectivity index (χ4v) is 3.80. The zero-order valence-corrected chi connectivity index (χ0v) is 16.0. The largest absolute Gasteiger partial charge is 0.495 e. The van der Waals surface area contributed by atoms with Crippen molar-refractivity contribution in [2.24, 2.45) is 5.92 Å². The van der Waals surface area contributed by atoms with Gasteiger partial charge in [0.15, 0.2) is 0 Å². The van der Waals surface area contributed by atoms with Crippen LogP contribution in [0.2, 0.25) is 0 Å². The molecule has 0 aliphatic heterocycles. The van der Waals surface area contributed by atoms with Gasteiger partial charge in [-0.25, -0.2) is 4.98 Å². The van der Waals surface area contributed by atoms with Gasteiger partial charge in [-0.15, -0.1) is 0 Å². The predicted octanol–water partition coefficient (Wildman–Crippen LogP) is 2.45. The van der Waals surface area contributed by atoms with Gasteiger partial charge in [0, 0.05) is 6.20 Å². The Morgan fingerprint density at radius 3 is 2.93 bits per heavy atom. The summed E-state index contributed by atoms with van der Waals surface area (Å²) in [6.45, 7) is 1.91. The number of H-pyrrole nitrogens is 1. The van der Waals surface area contributed by atoms with E-state index in [1.54, 1.807) is 19.5 Å². The second-order valence-electron chi connectivity index (χ2n) is 7.44. The lowest BCUT2D eigenvalue weighted by atomic mass is 9.75. The monoisotopic (exact) mass is 380 g/mol. The Labute approximate surface area is 163 Å². The van der Waals surface area contributed by atoms with E-state index in [-0.39, 0.29) is 30.4 Å². The van der Waals surface area contributed by atoms with E-state index in [9.17, 15) is 9.90 Å². The normalized spacial score (nSPS) is 19.8. The molecule has 7 nitrogen and oxygen atoms in total. The first-order valence-electron chi connectivity index (χ1n) is 9.43. The lowest BCUT2D eigenvalue weighted by Crippen LogP contribution is -2.41. The molecular weight excluding hydrogens is 356 g/mol. The molecule has 0 bridgehead atoms. The third-order valence-corrected chi connectivity index (χ3v) is 5.30. The average Bonchev–Trinajstić information content (AvgIpc) is 3.03. The molecule has 1 aliphatic rings. The highest BCUT2D eigenvalue weighted by Crippen LogP contribution is 2.38. The molecule has 7 heteroatoms. The van der Waals surface area contributed by atoms with Crippen molar-refractivity contribution in [3.05, 3.63) is 53.6 Å². The van der Waals surface area contributed by atoms with Gasteiger partial charge in [0.1, 0.15) is 11.6 Å². The Hall–Kier alpha value is -2.93. The first kappa shape index (κ1) is 18.4. The number of aliphatic hydroxyl groups excluding tert-OH is 1. The van der Waals surface area contributed by atoms with E-state index in [1.165, 1.54) is 0 Å². The summed E-state index contributed by atoms with van der Waals surface area (Å²) in [5.41, 5.74) is 3.64. The van der Waals surface area contributed by atoms with Crippen LogP contribution >= 0.6 is 0 Å².